The summed E-state index contributed by atoms with van der Waals surface area (Å²) >= 11 is 0. The monoisotopic (exact) mass is 263 g/mol. The van der Waals surface area contributed by atoms with Gasteiger partial charge in [-0.1, -0.05) is 32.0 Å². The molecule has 0 saturated heterocycles. The first-order chi connectivity index (χ1) is 8.96. The van der Waals surface area contributed by atoms with Crippen molar-refractivity contribution in [3.8, 4) is 0 Å². The number of benzene rings is 1. The molecule has 1 rings (SSSR count). The van der Waals surface area contributed by atoms with E-state index in [0.717, 1.165) is 5.56 Å². The number of carbonyl (C=O) groups excluding carboxylic acids is 1. The molecule has 104 valence electrons. The lowest BCUT2D eigenvalue weighted by Gasteiger charge is -2.26. The van der Waals surface area contributed by atoms with Crippen molar-refractivity contribution in [2.24, 2.45) is 5.41 Å². The highest BCUT2D eigenvalue weighted by atomic mass is 16.4. The topological polar surface area (TPSA) is 66.4 Å². The predicted molar refractivity (Wildman–Crippen MR) is 74.2 cm³/mol. The van der Waals surface area contributed by atoms with Gasteiger partial charge in [0.15, 0.2) is 0 Å². The minimum absolute atomic E-state index is 0.155. The fraction of sp³-hybridized carbons (Fsp3) is 0.467. The van der Waals surface area contributed by atoms with Gasteiger partial charge in [-0.3, -0.25) is 9.59 Å². The standard InChI is InChI=1S/C15H21NO3/c1-4-15(5-2,14(18)19)10-16-13(17)12-9-7-6-8-11(12)3/h6-9H,4-5,10H2,1-3H3,(H,16,17)(H,18,19). The largest absolute Gasteiger partial charge is 0.481 e. The number of hydrogen-bond acceptors (Lipinski definition) is 2. The molecule has 4 nitrogen and oxygen atoms in total. The Morgan fingerprint density at radius 3 is 2.26 bits per heavy atom. The van der Waals surface area contributed by atoms with Gasteiger partial charge < -0.3 is 10.4 Å². The number of aliphatic carboxylic acids is 1. The Kier molecular flexibility index (Phi) is 5.10. The molecule has 0 spiro atoms. The predicted octanol–water partition coefficient (Wildman–Crippen LogP) is 2.62. The SMILES string of the molecule is CCC(CC)(CNC(=O)c1ccccc1C)C(=O)O. The van der Waals surface area contributed by atoms with Crippen molar-refractivity contribution in [3.05, 3.63) is 35.4 Å². The maximum atomic E-state index is 12.1. The Bertz CT molecular complexity index is 464. The Balaban J connectivity index is 2.79. The number of carboxylic acids is 1. The fourth-order valence-corrected chi connectivity index (χ4v) is 2.05. The molecule has 0 aromatic heterocycles. The van der Waals surface area contributed by atoms with Crippen LogP contribution in [0.15, 0.2) is 24.3 Å². The van der Waals surface area contributed by atoms with E-state index in [2.05, 4.69) is 5.32 Å². The van der Waals surface area contributed by atoms with E-state index in [1.807, 2.05) is 32.9 Å². The normalized spacial score (nSPS) is 11.1. The molecule has 0 saturated carbocycles. The van der Waals surface area contributed by atoms with E-state index >= 15 is 0 Å². The van der Waals surface area contributed by atoms with E-state index < -0.39 is 11.4 Å². The zero-order chi connectivity index (χ0) is 14.5. The zero-order valence-electron chi connectivity index (χ0n) is 11.7. The van der Waals surface area contributed by atoms with Crippen LogP contribution in [0.1, 0.15) is 42.6 Å². The Morgan fingerprint density at radius 1 is 1.21 bits per heavy atom. The molecule has 0 fully saturated rings. The summed E-state index contributed by atoms with van der Waals surface area (Å²) in [4.78, 5) is 23.4. The minimum atomic E-state index is -0.877. The van der Waals surface area contributed by atoms with Crippen molar-refractivity contribution in [1.29, 1.82) is 0 Å². The van der Waals surface area contributed by atoms with Crippen molar-refractivity contribution >= 4 is 11.9 Å². The third kappa shape index (κ3) is 3.34. The van der Waals surface area contributed by atoms with E-state index in [1.165, 1.54) is 0 Å². The third-order valence-electron chi connectivity index (χ3n) is 3.78. The van der Waals surface area contributed by atoms with E-state index in [9.17, 15) is 14.7 Å². The van der Waals surface area contributed by atoms with Gasteiger partial charge in [0.2, 0.25) is 0 Å². The smallest absolute Gasteiger partial charge is 0.311 e. The highest BCUT2D eigenvalue weighted by Crippen LogP contribution is 2.25. The number of carbonyl (C=O) groups is 2. The van der Waals surface area contributed by atoms with E-state index in [1.54, 1.807) is 12.1 Å². The average molecular weight is 263 g/mol. The molecule has 19 heavy (non-hydrogen) atoms. The van der Waals surface area contributed by atoms with Crippen molar-refractivity contribution in [2.45, 2.75) is 33.6 Å². The molecule has 0 aliphatic rings. The summed E-state index contributed by atoms with van der Waals surface area (Å²) in [5.41, 5.74) is 0.598. The molecule has 1 aromatic rings. The number of amides is 1. The summed E-state index contributed by atoms with van der Waals surface area (Å²) in [6, 6.07) is 7.27. The van der Waals surface area contributed by atoms with Gasteiger partial charge in [0, 0.05) is 12.1 Å². The molecule has 0 atom stereocenters. The molecule has 1 aromatic carbocycles. The Hall–Kier alpha value is -1.84. The van der Waals surface area contributed by atoms with E-state index in [-0.39, 0.29) is 12.5 Å². The molecule has 0 radical (unpaired) electrons. The van der Waals surface area contributed by atoms with Crippen LogP contribution in [0, 0.1) is 12.3 Å². The van der Waals surface area contributed by atoms with Gasteiger partial charge in [0.05, 0.1) is 5.41 Å². The second-order valence-corrected chi connectivity index (χ2v) is 4.79. The average Bonchev–Trinajstić information content (AvgIpc) is 2.40. The second kappa shape index (κ2) is 6.36. The highest BCUT2D eigenvalue weighted by molar-refractivity contribution is 5.95. The van der Waals surface area contributed by atoms with Gasteiger partial charge in [0.25, 0.3) is 5.91 Å². The molecular formula is C15H21NO3. The van der Waals surface area contributed by atoms with E-state index in [4.69, 9.17) is 0 Å². The van der Waals surface area contributed by atoms with Crippen molar-refractivity contribution < 1.29 is 14.7 Å². The molecule has 0 bridgehead atoms. The van der Waals surface area contributed by atoms with Gasteiger partial charge in [-0.15, -0.1) is 0 Å². The van der Waals surface area contributed by atoms with Crippen LogP contribution in [0.3, 0.4) is 0 Å². The van der Waals surface area contributed by atoms with Gasteiger partial charge in [-0.2, -0.15) is 0 Å². The van der Waals surface area contributed by atoms with Crippen LogP contribution in [-0.4, -0.2) is 23.5 Å². The number of aryl methyl sites for hydroxylation is 1. The van der Waals surface area contributed by atoms with Crippen LogP contribution in [-0.2, 0) is 4.79 Å². The number of nitrogens with one attached hydrogen (secondary N) is 1. The fourth-order valence-electron chi connectivity index (χ4n) is 2.05. The maximum absolute atomic E-state index is 12.1. The van der Waals surface area contributed by atoms with Crippen LogP contribution >= 0.6 is 0 Å². The van der Waals surface area contributed by atoms with Crippen LogP contribution in [0.5, 0.6) is 0 Å². The molecule has 0 unspecified atom stereocenters. The number of carboxylic acid groups (broad SMARTS) is 1. The molecule has 0 heterocycles. The number of rotatable bonds is 6. The van der Waals surface area contributed by atoms with Gasteiger partial charge in [0.1, 0.15) is 0 Å². The van der Waals surface area contributed by atoms with Gasteiger partial charge in [-0.25, -0.2) is 0 Å². The quantitative estimate of drug-likeness (QED) is 0.829. The number of hydrogen-bond donors (Lipinski definition) is 2. The summed E-state index contributed by atoms with van der Waals surface area (Å²) < 4.78 is 0. The lowest BCUT2D eigenvalue weighted by Crippen LogP contribution is -2.42. The van der Waals surface area contributed by atoms with Crippen LogP contribution < -0.4 is 5.32 Å². The Labute approximate surface area is 113 Å². The first-order valence-electron chi connectivity index (χ1n) is 6.54. The van der Waals surface area contributed by atoms with Crippen LogP contribution in [0.4, 0.5) is 0 Å². The van der Waals surface area contributed by atoms with Crippen molar-refractivity contribution in [1.82, 2.24) is 5.32 Å². The third-order valence-corrected chi connectivity index (χ3v) is 3.78. The van der Waals surface area contributed by atoms with Gasteiger partial charge >= 0.3 is 5.97 Å². The molecule has 4 heteroatoms. The van der Waals surface area contributed by atoms with E-state index in [0.29, 0.717) is 18.4 Å². The van der Waals surface area contributed by atoms with Gasteiger partial charge in [-0.05, 0) is 31.4 Å². The first-order valence-corrected chi connectivity index (χ1v) is 6.54. The lowest BCUT2D eigenvalue weighted by atomic mass is 9.82. The zero-order valence-corrected chi connectivity index (χ0v) is 11.7. The maximum Gasteiger partial charge on any atom is 0.311 e. The minimum Gasteiger partial charge on any atom is -0.481 e. The molecule has 1 amide bonds. The summed E-state index contributed by atoms with van der Waals surface area (Å²) in [5, 5.41) is 12.1. The Morgan fingerprint density at radius 2 is 1.79 bits per heavy atom. The highest BCUT2D eigenvalue weighted by Gasteiger charge is 2.35. The summed E-state index contributed by atoms with van der Waals surface area (Å²) in [5.74, 6) is -1.08. The summed E-state index contributed by atoms with van der Waals surface area (Å²) in [7, 11) is 0. The van der Waals surface area contributed by atoms with Crippen LogP contribution in [0.25, 0.3) is 0 Å². The molecular weight excluding hydrogens is 242 g/mol. The van der Waals surface area contributed by atoms with Crippen molar-refractivity contribution in [2.75, 3.05) is 6.54 Å². The second-order valence-electron chi connectivity index (χ2n) is 4.79. The summed E-state index contributed by atoms with van der Waals surface area (Å²) in [6.07, 6.45) is 0.986. The molecule has 0 aliphatic heterocycles. The van der Waals surface area contributed by atoms with Crippen molar-refractivity contribution in [3.63, 3.8) is 0 Å². The van der Waals surface area contributed by atoms with Crippen LogP contribution in [0.2, 0.25) is 0 Å². The lowest BCUT2D eigenvalue weighted by molar-refractivity contribution is -0.149. The molecule has 0 aliphatic carbocycles. The first kappa shape index (κ1) is 15.2. The molecule has 2 N–H and O–H groups in total. The summed E-state index contributed by atoms with van der Waals surface area (Å²) in [6.45, 7) is 5.68.